The van der Waals surface area contributed by atoms with Crippen LogP contribution in [0.25, 0.3) is 0 Å². The number of anilines is 1. The Hall–Kier alpha value is -1.40. The average molecular weight is 296 g/mol. The number of hydrogen-bond acceptors (Lipinski definition) is 4. The van der Waals surface area contributed by atoms with Crippen LogP contribution in [0.15, 0.2) is 29.2 Å². The van der Waals surface area contributed by atoms with E-state index < -0.39 is 9.84 Å². The fourth-order valence-electron chi connectivity index (χ4n) is 2.39. The van der Waals surface area contributed by atoms with Crippen LogP contribution in [0.4, 0.5) is 5.69 Å². The van der Waals surface area contributed by atoms with Crippen LogP contribution < -0.4 is 10.6 Å². The summed E-state index contributed by atoms with van der Waals surface area (Å²) >= 11 is 0. The van der Waals surface area contributed by atoms with Crippen LogP contribution in [0, 0.1) is 5.92 Å². The lowest BCUT2D eigenvalue weighted by molar-refractivity contribution is -0.118. The first-order valence-corrected chi connectivity index (χ1v) is 8.47. The number of para-hydroxylation sites is 1. The number of sulfone groups is 1. The summed E-state index contributed by atoms with van der Waals surface area (Å²) in [5.41, 5.74) is 0.361. The molecule has 0 saturated carbocycles. The lowest BCUT2D eigenvalue weighted by atomic mass is 10.0. The summed E-state index contributed by atoms with van der Waals surface area (Å²) in [4.78, 5) is 12.4. The zero-order valence-corrected chi connectivity index (χ0v) is 12.5. The van der Waals surface area contributed by atoms with Crippen LogP contribution in [0.2, 0.25) is 0 Å². The van der Waals surface area contributed by atoms with Gasteiger partial charge in [0.15, 0.2) is 9.84 Å². The van der Waals surface area contributed by atoms with Crippen molar-refractivity contribution in [3.05, 3.63) is 24.3 Å². The van der Waals surface area contributed by atoms with Gasteiger partial charge in [-0.1, -0.05) is 26.0 Å². The molecule has 1 aromatic rings. The minimum absolute atomic E-state index is 0.0119. The van der Waals surface area contributed by atoms with Crippen LogP contribution in [-0.2, 0) is 14.6 Å². The third kappa shape index (κ3) is 3.02. The van der Waals surface area contributed by atoms with E-state index in [2.05, 4.69) is 10.6 Å². The first kappa shape index (κ1) is 15.0. The van der Waals surface area contributed by atoms with Crippen LogP contribution in [0.1, 0.15) is 20.3 Å². The van der Waals surface area contributed by atoms with Gasteiger partial charge >= 0.3 is 0 Å². The lowest BCUT2D eigenvalue weighted by Crippen LogP contribution is -2.39. The molecule has 2 N–H and O–H groups in total. The van der Waals surface area contributed by atoms with E-state index in [0.717, 1.165) is 13.0 Å². The van der Waals surface area contributed by atoms with E-state index in [4.69, 9.17) is 0 Å². The summed E-state index contributed by atoms with van der Waals surface area (Å²) in [6, 6.07) is 6.28. The highest BCUT2D eigenvalue weighted by atomic mass is 32.2. The topological polar surface area (TPSA) is 75.3 Å². The number of benzene rings is 1. The predicted octanol–water partition coefficient (Wildman–Crippen LogP) is 1.42. The van der Waals surface area contributed by atoms with Crippen molar-refractivity contribution >= 4 is 21.4 Å². The molecule has 2 rings (SSSR count). The molecule has 0 aliphatic carbocycles. The van der Waals surface area contributed by atoms with Crippen molar-refractivity contribution < 1.29 is 13.2 Å². The molecule has 1 fully saturated rings. The quantitative estimate of drug-likeness (QED) is 0.881. The monoisotopic (exact) mass is 296 g/mol. The number of carbonyl (C=O) groups excluding carboxylic acids is 1. The van der Waals surface area contributed by atoms with Crippen molar-refractivity contribution in [1.29, 1.82) is 0 Å². The summed E-state index contributed by atoms with van der Waals surface area (Å²) in [5, 5.41) is 5.88. The number of amides is 1. The van der Waals surface area contributed by atoms with E-state index in [9.17, 15) is 13.2 Å². The summed E-state index contributed by atoms with van der Waals surface area (Å²) in [5.74, 6) is 0.0940. The Morgan fingerprint density at radius 2 is 2.10 bits per heavy atom. The molecule has 1 aliphatic heterocycles. The highest BCUT2D eigenvalue weighted by molar-refractivity contribution is 7.91. The minimum Gasteiger partial charge on any atom is -0.324 e. The molecule has 110 valence electrons. The van der Waals surface area contributed by atoms with E-state index in [1.807, 2.05) is 6.92 Å². The van der Waals surface area contributed by atoms with Gasteiger partial charge in [0, 0.05) is 0 Å². The van der Waals surface area contributed by atoms with Gasteiger partial charge in [0.05, 0.1) is 22.4 Å². The molecule has 6 heteroatoms. The molecular formula is C14H20N2O3S. The largest absolute Gasteiger partial charge is 0.324 e. The Kier molecular flexibility index (Phi) is 4.45. The van der Waals surface area contributed by atoms with Gasteiger partial charge in [-0.05, 0) is 31.0 Å². The van der Waals surface area contributed by atoms with Crippen LogP contribution in [0.5, 0.6) is 0 Å². The van der Waals surface area contributed by atoms with E-state index in [0.29, 0.717) is 5.69 Å². The summed E-state index contributed by atoms with van der Waals surface area (Å²) in [6.45, 7) is 4.42. The van der Waals surface area contributed by atoms with Gasteiger partial charge < -0.3 is 10.6 Å². The lowest BCUT2D eigenvalue weighted by Gasteiger charge is -2.17. The van der Waals surface area contributed by atoms with E-state index in [1.165, 1.54) is 6.07 Å². The second-order valence-electron chi connectivity index (χ2n) is 5.09. The maximum atomic E-state index is 12.2. The van der Waals surface area contributed by atoms with Gasteiger partial charge in [0.1, 0.15) is 0 Å². The number of nitrogens with one attached hydrogen (secondary N) is 2. The van der Waals surface area contributed by atoms with Crippen molar-refractivity contribution in [2.45, 2.75) is 31.2 Å². The molecule has 1 saturated heterocycles. The maximum absolute atomic E-state index is 12.2. The third-order valence-corrected chi connectivity index (χ3v) is 5.46. The fraction of sp³-hybridized carbons (Fsp3) is 0.500. The molecule has 0 radical (unpaired) electrons. The standard InChI is InChI=1S/C14H20N2O3S/c1-3-20(18,19)12-7-5-4-6-11(12)16-14(17)13-10(2)8-9-15-13/h4-7,10,13,15H,3,8-9H2,1-2H3,(H,16,17). The normalized spacial score (nSPS) is 22.7. The molecule has 1 aromatic carbocycles. The maximum Gasteiger partial charge on any atom is 0.241 e. The fourth-order valence-corrected chi connectivity index (χ4v) is 3.44. The Balaban J connectivity index is 2.24. The molecule has 20 heavy (non-hydrogen) atoms. The Labute approximate surface area is 119 Å². The summed E-state index contributed by atoms with van der Waals surface area (Å²) < 4.78 is 24.0. The Morgan fingerprint density at radius 3 is 2.70 bits per heavy atom. The molecule has 1 aliphatic rings. The summed E-state index contributed by atoms with van der Waals surface area (Å²) in [6.07, 6.45) is 0.951. The smallest absolute Gasteiger partial charge is 0.241 e. The minimum atomic E-state index is -3.35. The summed E-state index contributed by atoms with van der Waals surface area (Å²) in [7, 11) is -3.35. The SMILES string of the molecule is CCS(=O)(=O)c1ccccc1NC(=O)C1NCCC1C. The second-order valence-corrected chi connectivity index (χ2v) is 7.33. The number of carbonyl (C=O) groups is 1. The van der Waals surface area contributed by atoms with Gasteiger partial charge in [-0.3, -0.25) is 4.79 Å². The molecular weight excluding hydrogens is 276 g/mol. The zero-order chi connectivity index (χ0) is 14.8. The first-order chi connectivity index (χ1) is 9.45. The molecule has 5 nitrogen and oxygen atoms in total. The van der Waals surface area contributed by atoms with Crippen molar-refractivity contribution in [2.75, 3.05) is 17.6 Å². The van der Waals surface area contributed by atoms with Crippen molar-refractivity contribution in [1.82, 2.24) is 5.32 Å². The number of rotatable bonds is 4. The van der Waals surface area contributed by atoms with Crippen molar-refractivity contribution in [3.8, 4) is 0 Å². The molecule has 1 heterocycles. The first-order valence-electron chi connectivity index (χ1n) is 6.81. The molecule has 1 amide bonds. The van der Waals surface area contributed by atoms with E-state index in [1.54, 1.807) is 25.1 Å². The van der Waals surface area contributed by atoms with Crippen molar-refractivity contribution in [3.63, 3.8) is 0 Å². The predicted molar refractivity (Wildman–Crippen MR) is 78.4 cm³/mol. The molecule has 2 unspecified atom stereocenters. The van der Waals surface area contributed by atoms with Crippen LogP contribution in [-0.4, -0.2) is 32.7 Å². The van der Waals surface area contributed by atoms with Gasteiger partial charge in [-0.25, -0.2) is 8.42 Å². The second kappa shape index (κ2) is 5.93. The highest BCUT2D eigenvalue weighted by Crippen LogP contribution is 2.23. The van der Waals surface area contributed by atoms with Gasteiger partial charge in [-0.2, -0.15) is 0 Å². The average Bonchev–Trinajstić information content (AvgIpc) is 2.85. The molecule has 0 spiro atoms. The van der Waals surface area contributed by atoms with Crippen LogP contribution in [0.3, 0.4) is 0 Å². The van der Waals surface area contributed by atoms with E-state index >= 15 is 0 Å². The Bertz CT molecular complexity index is 598. The molecule has 0 bridgehead atoms. The van der Waals surface area contributed by atoms with Crippen molar-refractivity contribution in [2.24, 2.45) is 5.92 Å². The van der Waals surface area contributed by atoms with E-state index in [-0.39, 0.29) is 28.5 Å². The van der Waals surface area contributed by atoms with Gasteiger partial charge in [0.2, 0.25) is 5.91 Å². The highest BCUT2D eigenvalue weighted by Gasteiger charge is 2.30. The van der Waals surface area contributed by atoms with Gasteiger partial charge in [-0.15, -0.1) is 0 Å². The third-order valence-electron chi connectivity index (χ3n) is 3.68. The van der Waals surface area contributed by atoms with Gasteiger partial charge in [0.25, 0.3) is 0 Å². The zero-order valence-electron chi connectivity index (χ0n) is 11.7. The molecule has 2 atom stereocenters. The van der Waals surface area contributed by atoms with Crippen LogP contribution >= 0.6 is 0 Å². The molecule has 0 aromatic heterocycles. The Morgan fingerprint density at radius 1 is 1.40 bits per heavy atom. The number of hydrogen-bond donors (Lipinski definition) is 2.